The number of nitrogens with one attached hydrogen (secondary N) is 1. The molecule has 2 aliphatic carbocycles. The molecule has 0 saturated heterocycles. The highest BCUT2D eigenvalue weighted by Crippen LogP contribution is 2.39. The SMILES string of the molecule is C(=Nc1ccc(Nc2ccc3c(c2)-c2ccccc2C3)cc1)c1ccc2c(c1)-c1ccccc1C2. The van der Waals surface area contributed by atoms with Crippen LogP contribution in [-0.2, 0) is 12.8 Å². The summed E-state index contributed by atoms with van der Waals surface area (Å²) in [4.78, 5) is 4.73. The van der Waals surface area contributed by atoms with Gasteiger partial charge >= 0.3 is 0 Å². The summed E-state index contributed by atoms with van der Waals surface area (Å²) in [6.45, 7) is 0. The summed E-state index contributed by atoms with van der Waals surface area (Å²) in [7, 11) is 0. The van der Waals surface area contributed by atoms with E-state index < -0.39 is 0 Å². The van der Waals surface area contributed by atoms with Gasteiger partial charge in [-0.1, -0.05) is 66.7 Å². The highest BCUT2D eigenvalue weighted by Gasteiger charge is 2.18. The average molecular weight is 449 g/mol. The predicted octanol–water partition coefficient (Wildman–Crippen LogP) is 8.32. The Kier molecular flexibility index (Phi) is 4.63. The van der Waals surface area contributed by atoms with Crippen LogP contribution < -0.4 is 5.32 Å². The van der Waals surface area contributed by atoms with Gasteiger partial charge in [-0.05, 0) is 105 Å². The van der Waals surface area contributed by atoms with Crippen LogP contribution in [0.25, 0.3) is 22.3 Å². The van der Waals surface area contributed by atoms with Gasteiger partial charge in [0.2, 0.25) is 0 Å². The monoisotopic (exact) mass is 448 g/mol. The minimum Gasteiger partial charge on any atom is -0.356 e. The minimum atomic E-state index is 0.944. The molecule has 7 rings (SSSR count). The largest absolute Gasteiger partial charge is 0.356 e. The van der Waals surface area contributed by atoms with Gasteiger partial charge in [0, 0.05) is 17.6 Å². The van der Waals surface area contributed by atoms with Crippen LogP contribution in [0.4, 0.5) is 17.1 Å². The van der Waals surface area contributed by atoms with Gasteiger partial charge < -0.3 is 5.32 Å². The van der Waals surface area contributed by atoms with Crippen molar-refractivity contribution in [2.24, 2.45) is 4.99 Å². The zero-order valence-corrected chi connectivity index (χ0v) is 19.3. The van der Waals surface area contributed by atoms with Crippen LogP contribution >= 0.6 is 0 Å². The second-order valence-electron chi connectivity index (χ2n) is 9.39. The zero-order valence-electron chi connectivity index (χ0n) is 19.3. The first kappa shape index (κ1) is 20.0. The summed E-state index contributed by atoms with van der Waals surface area (Å²) in [5, 5.41) is 3.55. The van der Waals surface area contributed by atoms with E-state index in [2.05, 4.69) is 115 Å². The molecule has 2 nitrogen and oxygen atoms in total. The van der Waals surface area contributed by atoms with Crippen LogP contribution in [-0.4, -0.2) is 6.21 Å². The number of hydrogen-bond acceptors (Lipinski definition) is 2. The Morgan fingerprint density at radius 2 is 1.09 bits per heavy atom. The molecule has 166 valence electrons. The molecule has 0 unspecified atom stereocenters. The van der Waals surface area contributed by atoms with Gasteiger partial charge in [-0.15, -0.1) is 0 Å². The molecule has 0 heterocycles. The Hall–Kier alpha value is -4.43. The molecule has 0 aliphatic heterocycles. The molecular formula is C33H24N2. The van der Waals surface area contributed by atoms with E-state index in [1.165, 1.54) is 44.5 Å². The third-order valence-corrected chi connectivity index (χ3v) is 7.14. The lowest BCUT2D eigenvalue weighted by Crippen LogP contribution is -1.91. The molecule has 5 aromatic rings. The molecule has 1 N–H and O–H groups in total. The van der Waals surface area contributed by atoms with E-state index in [0.717, 1.165) is 35.5 Å². The van der Waals surface area contributed by atoms with Crippen molar-refractivity contribution in [1.82, 2.24) is 0 Å². The van der Waals surface area contributed by atoms with Gasteiger partial charge in [0.25, 0.3) is 0 Å². The Morgan fingerprint density at radius 1 is 0.514 bits per heavy atom. The molecule has 2 aliphatic rings. The molecule has 2 heteroatoms. The van der Waals surface area contributed by atoms with Crippen LogP contribution in [0.2, 0.25) is 0 Å². The first-order chi connectivity index (χ1) is 17.3. The lowest BCUT2D eigenvalue weighted by Gasteiger charge is -2.09. The predicted molar refractivity (Wildman–Crippen MR) is 146 cm³/mol. The molecule has 0 aromatic heterocycles. The maximum Gasteiger partial charge on any atom is 0.0631 e. The first-order valence-electron chi connectivity index (χ1n) is 12.1. The summed E-state index contributed by atoms with van der Waals surface area (Å²) in [5.74, 6) is 0. The average Bonchev–Trinajstić information content (AvgIpc) is 3.46. The highest BCUT2D eigenvalue weighted by atomic mass is 14.9. The quantitative estimate of drug-likeness (QED) is 0.269. The molecule has 5 aromatic carbocycles. The number of benzene rings is 5. The van der Waals surface area contributed by atoms with Crippen molar-refractivity contribution in [2.45, 2.75) is 12.8 Å². The van der Waals surface area contributed by atoms with Crippen molar-refractivity contribution in [1.29, 1.82) is 0 Å². The zero-order chi connectivity index (χ0) is 23.2. The summed E-state index contributed by atoms with van der Waals surface area (Å²) >= 11 is 0. The van der Waals surface area contributed by atoms with Gasteiger partial charge in [0.15, 0.2) is 0 Å². The second-order valence-corrected chi connectivity index (χ2v) is 9.39. The number of rotatable bonds is 4. The van der Waals surface area contributed by atoms with E-state index in [1.54, 1.807) is 0 Å². The molecule has 0 bridgehead atoms. The first-order valence-corrected chi connectivity index (χ1v) is 12.1. The van der Waals surface area contributed by atoms with Crippen molar-refractivity contribution in [3.05, 3.63) is 137 Å². The molecule has 0 amide bonds. The van der Waals surface area contributed by atoms with E-state index in [-0.39, 0.29) is 0 Å². The maximum absolute atomic E-state index is 4.73. The Labute approximate surface area is 205 Å². The lowest BCUT2D eigenvalue weighted by molar-refractivity contribution is 1.26. The lowest BCUT2D eigenvalue weighted by atomic mass is 10.0. The fraction of sp³-hybridized carbons (Fsp3) is 0.0606. The Bertz CT molecular complexity index is 1610. The molecule has 0 radical (unpaired) electrons. The van der Waals surface area contributed by atoms with E-state index in [1.807, 2.05) is 6.21 Å². The number of aliphatic imine (C=N–C) groups is 1. The van der Waals surface area contributed by atoms with Crippen molar-refractivity contribution >= 4 is 23.3 Å². The Balaban J connectivity index is 1.08. The second kappa shape index (κ2) is 8.11. The number of fused-ring (bicyclic) bond motifs is 6. The maximum atomic E-state index is 4.73. The van der Waals surface area contributed by atoms with Crippen molar-refractivity contribution in [3.8, 4) is 22.3 Å². The van der Waals surface area contributed by atoms with E-state index >= 15 is 0 Å². The van der Waals surface area contributed by atoms with Crippen LogP contribution in [0.15, 0.2) is 114 Å². The molecule has 35 heavy (non-hydrogen) atoms. The fourth-order valence-corrected chi connectivity index (χ4v) is 5.37. The van der Waals surface area contributed by atoms with E-state index in [0.29, 0.717) is 0 Å². The van der Waals surface area contributed by atoms with Crippen molar-refractivity contribution in [2.75, 3.05) is 5.32 Å². The Morgan fingerprint density at radius 3 is 1.80 bits per heavy atom. The summed E-state index contributed by atoms with van der Waals surface area (Å²) in [5.41, 5.74) is 15.2. The van der Waals surface area contributed by atoms with Crippen LogP contribution in [0.5, 0.6) is 0 Å². The molecular weight excluding hydrogens is 424 g/mol. The van der Waals surface area contributed by atoms with Crippen molar-refractivity contribution in [3.63, 3.8) is 0 Å². The summed E-state index contributed by atoms with van der Waals surface area (Å²) in [6, 6.07) is 39.0. The van der Waals surface area contributed by atoms with Gasteiger partial charge in [-0.2, -0.15) is 0 Å². The standard InChI is InChI=1S/C33H24N2/c1-3-7-30-23(5-1)18-25-10-9-22(17-32(25)30)21-34-27-13-15-28(16-14-27)35-29-12-11-26-19-24-6-2-4-8-31(24)33(26)20-29/h1-17,20-21,35H,18-19H2. The number of hydrogen-bond donors (Lipinski definition) is 1. The van der Waals surface area contributed by atoms with E-state index in [9.17, 15) is 0 Å². The third-order valence-electron chi connectivity index (χ3n) is 7.14. The van der Waals surface area contributed by atoms with Gasteiger partial charge in [-0.25, -0.2) is 0 Å². The van der Waals surface area contributed by atoms with Gasteiger partial charge in [0.05, 0.1) is 5.69 Å². The minimum absolute atomic E-state index is 0.944. The number of anilines is 2. The van der Waals surface area contributed by atoms with Crippen LogP contribution in [0.3, 0.4) is 0 Å². The van der Waals surface area contributed by atoms with Gasteiger partial charge in [0.1, 0.15) is 0 Å². The highest BCUT2D eigenvalue weighted by molar-refractivity contribution is 5.87. The van der Waals surface area contributed by atoms with Gasteiger partial charge in [-0.3, -0.25) is 4.99 Å². The molecule has 0 saturated carbocycles. The third kappa shape index (κ3) is 3.64. The van der Waals surface area contributed by atoms with E-state index in [4.69, 9.17) is 4.99 Å². The number of nitrogens with zero attached hydrogens (tertiary/aromatic N) is 1. The van der Waals surface area contributed by atoms with Crippen LogP contribution in [0, 0.1) is 0 Å². The topological polar surface area (TPSA) is 24.4 Å². The molecule has 0 fully saturated rings. The summed E-state index contributed by atoms with van der Waals surface area (Å²) in [6.07, 6.45) is 4.00. The smallest absolute Gasteiger partial charge is 0.0631 e. The van der Waals surface area contributed by atoms with Crippen LogP contribution in [0.1, 0.15) is 27.8 Å². The molecule has 0 atom stereocenters. The van der Waals surface area contributed by atoms with Crippen molar-refractivity contribution < 1.29 is 0 Å². The summed E-state index contributed by atoms with van der Waals surface area (Å²) < 4.78 is 0. The molecule has 0 spiro atoms. The normalized spacial score (nSPS) is 12.8. The fourth-order valence-electron chi connectivity index (χ4n) is 5.37.